The van der Waals surface area contributed by atoms with Gasteiger partial charge in [0.25, 0.3) is 10.0 Å². The standard InChI is InChI=1S/C12H12FNO5S/c1-7(12(15)16)14(2)20(17,18)11-6-8-5-9(13)3-4-10(8)19-11/h3-7H,1-2H3,(H,15,16)/t7-/m1/s1. The molecule has 0 aliphatic rings. The minimum absolute atomic E-state index is 0.210. The van der Waals surface area contributed by atoms with Crippen molar-refractivity contribution in [2.45, 2.75) is 18.1 Å². The van der Waals surface area contributed by atoms with Crippen LogP contribution >= 0.6 is 0 Å². The van der Waals surface area contributed by atoms with Gasteiger partial charge < -0.3 is 9.52 Å². The highest BCUT2D eigenvalue weighted by Gasteiger charge is 2.32. The molecule has 1 aromatic carbocycles. The molecule has 108 valence electrons. The third kappa shape index (κ3) is 2.39. The third-order valence-electron chi connectivity index (χ3n) is 2.99. The van der Waals surface area contributed by atoms with Gasteiger partial charge in [0, 0.05) is 18.5 Å². The highest BCUT2D eigenvalue weighted by Crippen LogP contribution is 2.26. The van der Waals surface area contributed by atoms with Crippen molar-refractivity contribution in [2.24, 2.45) is 0 Å². The van der Waals surface area contributed by atoms with Gasteiger partial charge in [-0.25, -0.2) is 12.8 Å². The normalized spacial score (nSPS) is 13.8. The number of carbonyl (C=O) groups is 1. The van der Waals surface area contributed by atoms with Gasteiger partial charge in [0.2, 0.25) is 5.09 Å². The smallest absolute Gasteiger partial charge is 0.321 e. The van der Waals surface area contributed by atoms with E-state index in [9.17, 15) is 17.6 Å². The molecule has 0 aliphatic heterocycles. The zero-order valence-corrected chi connectivity index (χ0v) is 11.5. The summed E-state index contributed by atoms with van der Waals surface area (Å²) in [6, 6.07) is 3.51. The molecule has 0 bridgehead atoms. The molecule has 0 amide bonds. The van der Waals surface area contributed by atoms with Gasteiger partial charge in [-0.15, -0.1) is 0 Å². The molecule has 2 rings (SSSR count). The lowest BCUT2D eigenvalue weighted by atomic mass is 10.2. The lowest BCUT2D eigenvalue weighted by Gasteiger charge is -2.19. The molecule has 0 spiro atoms. The molecule has 1 atom stereocenters. The lowest BCUT2D eigenvalue weighted by molar-refractivity contribution is -0.140. The van der Waals surface area contributed by atoms with E-state index in [1.807, 2.05) is 0 Å². The molecule has 1 aromatic heterocycles. The molecule has 20 heavy (non-hydrogen) atoms. The third-order valence-corrected chi connectivity index (χ3v) is 4.78. The number of furan rings is 1. The van der Waals surface area contributed by atoms with Gasteiger partial charge >= 0.3 is 5.97 Å². The monoisotopic (exact) mass is 301 g/mol. The van der Waals surface area contributed by atoms with Crippen LogP contribution in [-0.4, -0.2) is 36.9 Å². The Morgan fingerprint density at radius 2 is 2.05 bits per heavy atom. The van der Waals surface area contributed by atoms with E-state index in [4.69, 9.17) is 9.52 Å². The van der Waals surface area contributed by atoms with Crippen LogP contribution in [0.1, 0.15) is 6.92 Å². The van der Waals surface area contributed by atoms with Crippen LogP contribution in [0.4, 0.5) is 4.39 Å². The number of halogens is 1. The number of benzene rings is 1. The number of fused-ring (bicyclic) bond motifs is 1. The fourth-order valence-electron chi connectivity index (χ4n) is 1.62. The molecule has 0 radical (unpaired) electrons. The summed E-state index contributed by atoms with van der Waals surface area (Å²) in [4.78, 5) is 10.8. The minimum atomic E-state index is -4.09. The summed E-state index contributed by atoms with van der Waals surface area (Å²) in [6.07, 6.45) is 0. The first-order chi connectivity index (χ1) is 9.23. The number of likely N-dealkylation sites (N-methyl/N-ethyl adjacent to an activating group) is 1. The summed E-state index contributed by atoms with van der Waals surface area (Å²) in [5, 5.41) is 8.72. The van der Waals surface area contributed by atoms with Gasteiger partial charge in [-0.1, -0.05) is 0 Å². The highest BCUT2D eigenvalue weighted by atomic mass is 32.2. The van der Waals surface area contributed by atoms with Gasteiger partial charge in [-0.2, -0.15) is 4.31 Å². The van der Waals surface area contributed by atoms with E-state index >= 15 is 0 Å². The summed E-state index contributed by atoms with van der Waals surface area (Å²) >= 11 is 0. The highest BCUT2D eigenvalue weighted by molar-refractivity contribution is 7.89. The van der Waals surface area contributed by atoms with Crippen molar-refractivity contribution in [2.75, 3.05) is 7.05 Å². The average molecular weight is 301 g/mol. The summed E-state index contributed by atoms with van der Waals surface area (Å²) < 4.78 is 43.3. The maximum absolute atomic E-state index is 13.1. The number of hydrogen-bond donors (Lipinski definition) is 1. The number of sulfonamides is 1. The van der Waals surface area contributed by atoms with Crippen molar-refractivity contribution in [1.82, 2.24) is 4.31 Å². The van der Waals surface area contributed by atoms with Crippen LogP contribution in [0.15, 0.2) is 33.8 Å². The molecule has 0 saturated heterocycles. The van der Waals surface area contributed by atoms with Crippen molar-refractivity contribution < 1.29 is 27.1 Å². The second kappa shape index (κ2) is 4.88. The van der Waals surface area contributed by atoms with E-state index in [1.165, 1.54) is 19.1 Å². The molecule has 0 saturated carbocycles. The van der Waals surface area contributed by atoms with Gasteiger partial charge in [0.05, 0.1) is 0 Å². The number of aliphatic carboxylic acids is 1. The van der Waals surface area contributed by atoms with Crippen LogP contribution in [0, 0.1) is 5.82 Å². The van der Waals surface area contributed by atoms with E-state index in [2.05, 4.69) is 0 Å². The van der Waals surface area contributed by atoms with E-state index in [0.717, 1.165) is 19.2 Å². The van der Waals surface area contributed by atoms with E-state index < -0.39 is 32.9 Å². The largest absolute Gasteiger partial charge is 0.480 e. The second-order valence-corrected chi connectivity index (χ2v) is 6.21. The first-order valence-electron chi connectivity index (χ1n) is 5.63. The number of hydrogen-bond acceptors (Lipinski definition) is 4. The number of carboxylic acids is 1. The van der Waals surface area contributed by atoms with E-state index in [0.29, 0.717) is 9.69 Å². The molecular formula is C12H12FNO5S. The van der Waals surface area contributed by atoms with Gasteiger partial charge in [0.15, 0.2) is 0 Å². The van der Waals surface area contributed by atoms with Crippen molar-refractivity contribution in [3.8, 4) is 0 Å². The fourth-order valence-corrected chi connectivity index (χ4v) is 2.88. The second-order valence-electron chi connectivity index (χ2n) is 4.28. The topological polar surface area (TPSA) is 87.8 Å². The van der Waals surface area contributed by atoms with E-state index in [1.54, 1.807) is 0 Å². The van der Waals surface area contributed by atoms with E-state index in [-0.39, 0.29) is 5.58 Å². The molecule has 1 N–H and O–H groups in total. The number of carboxylic acid groups (broad SMARTS) is 1. The molecule has 6 nitrogen and oxygen atoms in total. The quantitative estimate of drug-likeness (QED) is 0.928. The maximum Gasteiger partial charge on any atom is 0.321 e. The lowest BCUT2D eigenvalue weighted by Crippen LogP contribution is -2.40. The molecule has 8 heteroatoms. The molecule has 0 unspecified atom stereocenters. The van der Waals surface area contributed by atoms with Crippen LogP contribution in [0.3, 0.4) is 0 Å². The number of nitrogens with zero attached hydrogens (tertiary/aromatic N) is 1. The fraction of sp³-hybridized carbons (Fsp3) is 0.250. The van der Waals surface area contributed by atoms with Crippen molar-refractivity contribution in [3.63, 3.8) is 0 Å². The zero-order valence-electron chi connectivity index (χ0n) is 10.7. The Bertz CT molecular complexity index is 767. The van der Waals surface area contributed by atoms with Crippen molar-refractivity contribution in [3.05, 3.63) is 30.1 Å². The molecule has 2 aromatic rings. The maximum atomic E-state index is 13.1. The van der Waals surface area contributed by atoms with Gasteiger partial charge in [-0.3, -0.25) is 4.79 Å². The Balaban J connectivity index is 2.49. The Morgan fingerprint density at radius 3 is 2.65 bits per heavy atom. The predicted molar refractivity (Wildman–Crippen MR) is 68.2 cm³/mol. The Morgan fingerprint density at radius 1 is 1.40 bits per heavy atom. The summed E-state index contributed by atoms with van der Waals surface area (Å²) in [5.41, 5.74) is 0.210. The zero-order chi connectivity index (χ0) is 15.1. The van der Waals surface area contributed by atoms with Crippen LogP contribution in [0.5, 0.6) is 0 Å². The Labute approximate surface area is 114 Å². The Hall–Kier alpha value is -1.93. The molecule has 1 heterocycles. The summed E-state index contributed by atoms with van der Waals surface area (Å²) in [7, 11) is -2.95. The van der Waals surface area contributed by atoms with Crippen molar-refractivity contribution in [1.29, 1.82) is 0 Å². The predicted octanol–water partition coefficient (Wildman–Crippen LogP) is 1.67. The summed E-state index contributed by atoms with van der Waals surface area (Å²) in [6.45, 7) is 1.24. The first-order valence-corrected chi connectivity index (χ1v) is 7.07. The minimum Gasteiger partial charge on any atom is -0.480 e. The van der Waals surface area contributed by atoms with Crippen molar-refractivity contribution >= 4 is 27.0 Å². The molecule has 0 fully saturated rings. The molecule has 0 aliphatic carbocycles. The van der Waals surface area contributed by atoms with Gasteiger partial charge in [0.1, 0.15) is 17.4 Å². The summed E-state index contributed by atoms with van der Waals surface area (Å²) in [5.74, 6) is -1.80. The molecular weight excluding hydrogens is 289 g/mol. The van der Waals surface area contributed by atoms with Crippen LogP contribution in [0.2, 0.25) is 0 Å². The van der Waals surface area contributed by atoms with Crippen LogP contribution in [0.25, 0.3) is 11.0 Å². The number of rotatable bonds is 4. The van der Waals surface area contributed by atoms with Crippen LogP contribution < -0.4 is 0 Å². The van der Waals surface area contributed by atoms with Crippen LogP contribution in [-0.2, 0) is 14.8 Å². The average Bonchev–Trinajstić information content (AvgIpc) is 2.80. The first kappa shape index (κ1) is 14.5. The Kier molecular flexibility index (Phi) is 3.53. The van der Waals surface area contributed by atoms with Gasteiger partial charge in [-0.05, 0) is 25.1 Å². The SMILES string of the molecule is C[C@H](C(=O)O)N(C)S(=O)(=O)c1cc2cc(F)ccc2o1.